The summed E-state index contributed by atoms with van der Waals surface area (Å²) in [6.07, 6.45) is -0.427. The minimum Gasteiger partial charge on any atom is -0.405 e. The largest absolute Gasteiger partial charge is 0.418 e. The lowest BCUT2D eigenvalue weighted by Crippen LogP contribution is -2.55. The van der Waals surface area contributed by atoms with Gasteiger partial charge in [0.2, 0.25) is 0 Å². The van der Waals surface area contributed by atoms with Crippen LogP contribution in [0.5, 0.6) is 0 Å². The van der Waals surface area contributed by atoms with Crippen LogP contribution in [0.1, 0.15) is 50.8 Å². The van der Waals surface area contributed by atoms with Crippen LogP contribution in [0.4, 0.5) is 4.79 Å². The minimum absolute atomic E-state index is 0.0468. The predicted octanol–water partition coefficient (Wildman–Crippen LogP) is 1.18. The second kappa shape index (κ2) is 10.2. The maximum Gasteiger partial charge on any atom is 0.418 e. The number of amides is 4. The summed E-state index contributed by atoms with van der Waals surface area (Å²) in [6, 6.07) is 5.12. The van der Waals surface area contributed by atoms with Crippen molar-refractivity contribution < 1.29 is 36.1 Å². The van der Waals surface area contributed by atoms with E-state index in [0.29, 0.717) is 10.6 Å². The molecule has 2 bridgehead atoms. The Balaban J connectivity index is 1.65. The van der Waals surface area contributed by atoms with E-state index in [4.69, 9.17) is 8.98 Å². The van der Waals surface area contributed by atoms with Crippen molar-refractivity contribution in [2.75, 3.05) is 6.54 Å². The van der Waals surface area contributed by atoms with Gasteiger partial charge in [-0.1, -0.05) is 45.0 Å². The Bertz CT molecular complexity index is 1070. The van der Waals surface area contributed by atoms with Crippen molar-refractivity contribution in [2.45, 2.75) is 70.3 Å². The van der Waals surface area contributed by atoms with Gasteiger partial charge in [-0.25, -0.2) is 4.79 Å². The first-order chi connectivity index (χ1) is 16.2. The maximum atomic E-state index is 12.9. The van der Waals surface area contributed by atoms with Gasteiger partial charge in [0.1, 0.15) is 6.04 Å². The van der Waals surface area contributed by atoms with Crippen LogP contribution in [0.3, 0.4) is 0 Å². The molecule has 0 aromatic heterocycles. The van der Waals surface area contributed by atoms with E-state index in [0.717, 1.165) is 10.5 Å². The van der Waals surface area contributed by atoms with E-state index >= 15 is 0 Å². The first-order valence-electron chi connectivity index (χ1n) is 11.3. The number of carbonyl (C=O) groups is 3. The number of urea groups is 1. The van der Waals surface area contributed by atoms with Gasteiger partial charge in [0.15, 0.2) is 15.1 Å². The van der Waals surface area contributed by atoms with E-state index in [-0.39, 0.29) is 24.8 Å². The van der Waals surface area contributed by atoms with Gasteiger partial charge in [-0.3, -0.25) is 25.0 Å². The smallest absolute Gasteiger partial charge is 0.405 e. The highest BCUT2D eigenvalue weighted by Crippen LogP contribution is 2.31. The molecule has 1 aromatic rings. The Morgan fingerprint density at radius 2 is 1.77 bits per heavy atom. The molecule has 0 aliphatic carbocycles. The molecule has 12 nitrogen and oxygen atoms in total. The lowest BCUT2D eigenvalue weighted by atomic mass is 9.86. The Kier molecular flexibility index (Phi) is 7.91. The zero-order valence-electron chi connectivity index (χ0n) is 20.3. The Hall–Kier alpha value is -2.52. The summed E-state index contributed by atoms with van der Waals surface area (Å²) >= 11 is 0. The third-order valence-corrected chi connectivity index (χ3v) is 7.00. The van der Waals surface area contributed by atoms with Crippen molar-refractivity contribution in [3.8, 4) is 0 Å². The number of benzene rings is 1. The molecule has 2 fully saturated rings. The number of hydroxylamine groups is 2. The van der Waals surface area contributed by atoms with E-state index in [2.05, 4.69) is 35.9 Å². The molecule has 2 aliphatic rings. The van der Waals surface area contributed by atoms with Crippen LogP contribution in [-0.4, -0.2) is 68.4 Å². The van der Waals surface area contributed by atoms with Crippen LogP contribution in [-0.2, 0) is 34.1 Å². The molecule has 14 heteroatoms. The summed E-state index contributed by atoms with van der Waals surface area (Å²) in [6.45, 7) is 10.2. The highest BCUT2D eigenvalue weighted by atomic mass is 32.3. The molecule has 2 heterocycles. The van der Waals surface area contributed by atoms with Crippen molar-refractivity contribution in [3.05, 3.63) is 35.4 Å². The Morgan fingerprint density at radius 1 is 1.14 bits per heavy atom. The normalized spacial score (nSPS) is 21.3. The fourth-order valence-electron chi connectivity index (χ4n) is 4.10. The van der Waals surface area contributed by atoms with E-state index in [1.54, 1.807) is 0 Å². The second-order valence-corrected chi connectivity index (χ2v) is 13.3. The van der Waals surface area contributed by atoms with Crippen LogP contribution in [0.15, 0.2) is 24.3 Å². The van der Waals surface area contributed by atoms with Gasteiger partial charge in [0, 0.05) is 6.54 Å². The third kappa shape index (κ3) is 6.58. The Labute approximate surface area is 206 Å². The van der Waals surface area contributed by atoms with Gasteiger partial charge in [0.05, 0.1) is 6.04 Å². The molecule has 4 amide bonds. The van der Waals surface area contributed by atoms with Crippen molar-refractivity contribution in [2.24, 2.45) is 0 Å². The summed E-state index contributed by atoms with van der Waals surface area (Å²) < 4.78 is 41.2. The minimum atomic E-state index is -4.89. The number of hydrogen-bond acceptors (Lipinski definition) is 7. The summed E-state index contributed by atoms with van der Waals surface area (Å²) in [5.41, 5.74) is 6.45. The molecule has 3 N–H and O–H groups in total. The second-order valence-electron chi connectivity index (χ2n) is 9.93. The highest BCUT2D eigenvalue weighted by Gasteiger charge is 2.49. The number of fused-ring (bicyclic) bond motifs is 2. The van der Waals surface area contributed by atoms with Crippen molar-refractivity contribution in [1.29, 1.82) is 0 Å². The van der Waals surface area contributed by atoms with E-state index in [9.17, 15) is 22.8 Å². The molecule has 2 aliphatic heterocycles. The number of hydrazine groups is 1. The SMILES string of the molecule is C[SiH](C)OC(C(=O)NNC(=O)[C@@H]1CC[C@@H]2CN1C(=O)N2OS(=O)(=O)O)c1ccc(C(C)(C)C)cc1. The van der Waals surface area contributed by atoms with Crippen LogP contribution in [0.2, 0.25) is 13.1 Å². The number of piperidine rings is 1. The van der Waals surface area contributed by atoms with Gasteiger partial charge in [-0.15, -0.1) is 4.28 Å². The number of carbonyl (C=O) groups excluding carboxylic acids is 3. The molecule has 0 saturated carbocycles. The third-order valence-electron chi connectivity index (χ3n) is 5.83. The van der Waals surface area contributed by atoms with Crippen molar-refractivity contribution in [1.82, 2.24) is 20.8 Å². The first kappa shape index (κ1) is 27.1. The standard InChI is InChI=1S/C21H32N4O8SSi/c1-21(2,3)14-8-6-13(7-9-14)17(32-35(4)5)19(27)23-22-18(26)16-11-10-15-12-24(16)20(28)25(15)33-34(29,30)31/h6-9,15-17,35H,10-12H2,1-5H3,(H,22,26)(H,23,27)(H,29,30,31)/t15-,16+,17?/m1/s1. The van der Waals surface area contributed by atoms with Crippen molar-refractivity contribution >= 4 is 37.3 Å². The molecule has 3 atom stereocenters. The summed E-state index contributed by atoms with van der Waals surface area (Å²) in [5, 5.41) is 0.555. The monoisotopic (exact) mass is 528 g/mol. The predicted molar refractivity (Wildman–Crippen MR) is 128 cm³/mol. The van der Waals surface area contributed by atoms with Crippen LogP contribution in [0, 0.1) is 0 Å². The zero-order chi connectivity index (χ0) is 26.1. The molecule has 0 radical (unpaired) electrons. The van der Waals surface area contributed by atoms with E-state index in [1.807, 2.05) is 37.4 Å². The molecule has 194 valence electrons. The molecule has 1 unspecified atom stereocenters. The number of rotatable bonds is 7. The molecule has 35 heavy (non-hydrogen) atoms. The summed E-state index contributed by atoms with van der Waals surface area (Å²) in [5.74, 6) is -1.19. The molecule has 0 spiro atoms. The van der Waals surface area contributed by atoms with Crippen LogP contribution < -0.4 is 10.9 Å². The number of nitrogens with one attached hydrogen (secondary N) is 2. The highest BCUT2D eigenvalue weighted by molar-refractivity contribution is 7.80. The lowest BCUT2D eigenvalue weighted by molar-refractivity contribution is -0.135. The zero-order valence-corrected chi connectivity index (χ0v) is 22.3. The number of hydrogen-bond donors (Lipinski definition) is 3. The fourth-order valence-corrected chi connectivity index (χ4v) is 5.31. The van der Waals surface area contributed by atoms with Gasteiger partial charge in [-0.05, 0) is 42.5 Å². The van der Waals surface area contributed by atoms with Gasteiger partial charge < -0.3 is 9.33 Å². The maximum absolute atomic E-state index is 12.9. The summed E-state index contributed by atoms with van der Waals surface area (Å²) in [7, 11) is -6.52. The molecule has 2 saturated heterocycles. The van der Waals surface area contributed by atoms with Crippen LogP contribution in [0.25, 0.3) is 0 Å². The average molecular weight is 529 g/mol. The van der Waals surface area contributed by atoms with E-state index in [1.165, 1.54) is 0 Å². The summed E-state index contributed by atoms with van der Waals surface area (Å²) in [4.78, 5) is 39.4. The molecular weight excluding hydrogens is 496 g/mol. The first-order valence-corrected chi connectivity index (χ1v) is 15.4. The van der Waals surface area contributed by atoms with Gasteiger partial charge in [-0.2, -0.15) is 13.5 Å². The van der Waals surface area contributed by atoms with Gasteiger partial charge >= 0.3 is 16.4 Å². The Morgan fingerprint density at radius 3 is 2.31 bits per heavy atom. The van der Waals surface area contributed by atoms with Gasteiger partial charge in [0.25, 0.3) is 11.8 Å². The quantitative estimate of drug-likeness (QED) is 0.271. The van der Waals surface area contributed by atoms with E-state index < -0.39 is 55.5 Å². The average Bonchev–Trinajstić information content (AvgIpc) is 2.98. The number of nitrogens with zero attached hydrogens (tertiary/aromatic N) is 2. The molecular formula is C21H32N4O8SSi. The van der Waals surface area contributed by atoms with Crippen molar-refractivity contribution in [3.63, 3.8) is 0 Å². The molecule has 1 aromatic carbocycles. The van der Waals surface area contributed by atoms with Crippen LogP contribution >= 0.6 is 0 Å². The lowest BCUT2D eigenvalue weighted by Gasteiger charge is -2.29. The fraction of sp³-hybridized carbons (Fsp3) is 0.571. The topological polar surface area (TPSA) is 155 Å². The molecule has 3 rings (SSSR count).